The van der Waals surface area contributed by atoms with Gasteiger partial charge in [-0.05, 0) is 42.8 Å². The van der Waals surface area contributed by atoms with Crippen molar-refractivity contribution in [3.05, 3.63) is 57.0 Å². The molecule has 0 aliphatic heterocycles. The summed E-state index contributed by atoms with van der Waals surface area (Å²) in [5.41, 5.74) is 1.53. The number of rotatable bonds is 4. The predicted octanol–water partition coefficient (Wildman–Crippen LogP) is 5.11. The molecule has 0 fully saturated rings. The summed E-state index contributed by atoms with van der Waals surface area (Å²) >= 11 is 17.7. The summed E-state index contributed by atoms with van der Waals surface area (Å²) in [6.07, 6.45) is 0. The van der Waals surface area contributed by atoms with Gasteiger partial charge in [0.2, 0.25) is 0 Å². The molecule has 0 bridgehead atoms. The minimum absolute atomic E-state index is 0.0349. The molecule has 116 valence electrons. The standard InChI is InChI=1S/C15H13Cl3N2O2/c1-9-2-4-11(7-12(9)17)20-15(21)19-8-22-14-5-3-10(16)6-13(14)18/h2-7H,8H2,1H3,(H2,19,20,21). The fraction of sp³-hybridized carbons (Fsp3) is 0.133. The van der Waals surface area contributed by atoms with Gasteiger partial charge in [0.1, 0.15) is 5.75 Å². The zero-order chi connectivity index (χ0) is 16.1. The molecule has 4 nitrogen and oxygen atoms in total. The van der Waals surface area contributed by atoms with Crippen LogP contribution < -0.4 is 15.4 Å². The van der Waals surface area contributed by atoms with E-state index in [1.54, 1.807) is 30.3 Å². The van der Waals surface area contributed by atoms with Crippen LogP contribution in [0.5, 0.6) is 5.75 Å². The van der Waals surface area contributed by atoms with Crippen molar-refractivity contribution in [2.24, 2.45) is 0 Å². The van der Waals surface area contributed by atoms with Crippen LogP contribution in [0.25, 0.3) is 0 Å². The predicted molar refractivity (Wildman–Crippen MR) is 90.3 cm³/mol. The van der Waals surface area contributed by atoms with Crippen molar-refractivity contribution in [2.75, 3.05) is 12.0 Å². The SMILES string of the molecule is Cc1ccc(NC(=O)NCOc2ccc(Cl)cc2Cl)cc1Cl. The second-order valence-corrected chi connectivity index (χ2v) is 5.71. The van der Waals surface area contributed by atoms with Gasteiger partial charge in [0.25, 0.3) is 0 Å². The molecule has 0 saturated carbocycles. The number of urea groups is 1. The highest BCUT2D eigenvalue weighted by atomic mass is 35.5. The Balaban J connectivity index is 1.83. The third-order valence-electron chi connectivity index (χ3n) is 2.78. The van der Waals surface area contributed by atoms with Crippen molar-refractivity contribution >= 4 is 46.5 Å². The van der Waals surface area contributed by atoms with Gasteiger partial charge in [0, 0.05) is 15.7 Å². The van der Waals surface area contributed by atoms with Gasteiger partial charge >= 0.3 is 6.03 Å². The number of hydrogen-bond donors (Lipinski definition) is 2. The summed E-state index contributed by atoms with van der Waals surface area (Å²) < 4.78 is 5.35. The van der Waals surface area contributed by atoms with E-state index in [0.29, 0.717) is 26.5 Å². The normalized spacial score (nSPS) is 10.2. The molecule has 0 heterocycles. The van der Waals surface area contributed by atoms with Crippen molar-refractivity contribution in [1.82, 2.24) is 5.32 Å². The molecule has 0 aliphatic carbocycles. The maximum atomic E-state index is 11.7. The fourth-order valence-electron chi connectivity index (χ4n) is 1.62. The van der Waals surface area contributed by atoms with Gasteiger partial charge in [-0.15, -0.1) is 0 Å². The Kier molecular flexibility index (Phi) is 5.77. The molecule has 0 aliphatic rings. The van der Waals surface area contributed by atoms with Gasteiger partial charge < -0.3 is 15.4 Å². The van der Waals surface area contributed by atoms with Crippen LogP contribution in [0.4, 0.5) is 10.5 Å². The first kappa shape index (κ1) is 16.7. The van der Waals surface area contributed by atoms with Crippen molar-refractivity contribution in [2.45, 2.75) is 6.92 Å². The lowest BCUT2D eigenvalue weighted by molar-refractivity contribution is 0.234. The van der Waals surface area contributed by atoms with E-state index in [9.17, 15) is 4.79 Å². The number of hydrogen-bond acceptors (Lipinski definition) is 2. The first-order valence-corrected chi connectivity index (χ1v) is 7.48. The highest BCUT2D eigenvalue weighted by molar-refractivity contribution is 6.35. The summed E-state index contributed by atoms with van der Waals surface area (Å²) in [6, 6.07) is 9.69. The summed E-state index contributed by atoms with van der Waals surface area (Å²) in [7, 11) is 0. The number of anilines is 1. The third kappa shape index (κ3) is 4.70. The van der Waals surface area contributed by atoms with Crippen molar-refractivity contribution < 1.29 is 9.53 Å². The Bertz CT molecular complexity index is 692. The monoisotopic (exact) mass is 358 g/mol. The highest BCUT2D eigenvalue weighted by Crippen LogP contribution is 2.27. The van der Waals surface area contributed by atoms with Crippen LogP contribution in [-0.2, 0) is 0 Å². The van der Waals surface area contributed by atoms with E-state index in [4.69, 9.17) is 39.5 Å². The van der Waals surface area contributed by atoms with Crippen LogP contribution in [0.3, 0.4) is 0 Å². The average molecular weight is 360 g/mol. The Morgan fingerprint density at radius 1 is 1.09 bits per heavy atom. The minimum Gasteiger partial charge on any atom is -0.472 e. The number of halogens is 3. The number of benzene rings is 2. The molecular weight excluding hydrogens is 347 g/mol. The van der Waals surface area contributed by atoms with Crippen LogP contribution in [0.2, 0.25) is 15.1 Å². The minimum atomic E-state index is -0.412. The smallest absolute Gasteiger partial charge is 0.321 e. The van der Waals surface area contributed by atoms with E-state index in [1.807, 2.05) is 13.0 Å². The van der Waals surface area contributed by atoms with Crippen LogP contribution >= 0.6 is 34.8 Å². The number of carbonyl (C=O) groups is 1. The van der Waals surface area contributed by atoms with Gasteiger partial charge in [0.05, 0.1) is 5.02 Å². The lowest BCUT2D eigenvalue weighted by Gasteiger charge is -2.11. The highest BCUT2D eigenvalue weighted by Gasteiger charge is 2.05. The topological polar surface area (TPSA) is 50.4 Å². The molecule has 0 saturated heterocycles. The van der Waals surface area contributed by atoms with E-state index in [2.05, 4.69) is 10.6 Å². The molecule has 0 atom stereocenters. The number of ether oxygens (including phenoxy) is 1. The average Bonchev–Trinajstić information content (AvgIpc) is 2.45. The van der Waals surface area contributed by atoms with Crippen molar-refractivity contribution in [1.29, 1.82) is 0 Å². The fourth-order valence-corrected chi connectivity index (χ4v) is 2.26. The van der Waals surface area contributed by atoms with Crippen LogP contribution in [0, 0.1) is 6.92 Å². The summed E-state index contributed by atoms with van der Waals surface area (Å²) in [5, 5.41) is 6.67. The van der Waals surface area contributed by atoms with Gasteiger partial charge in [-0.1, -0.05) is 40.9 Å². The Hall–Kier alpha value is -1.62. The maximum absolute atomic E-state index is 11.7. The van der Waals surface area contributed by atoms with Crippen LogP contribution in [-0.4, -0.2) is 12.8 Å². The molecule has 0 radical (unpaired) electrons. The summed E-state index contributed by atoms with van der Waals surface area (Å²) in [4.78, 5) is 11.7. The van der Waals surface area contributed by atoms with Crippen LogP contribution in [0.1, 0.15) is 5.56 Å². The number of carbonyl (C=O) groups excluding carboxylic acids is 1. The van der Waals surface area contributed by atoms with Gasteiger partial charge in [0.15, 0.2) is 6.73 Å². The van der Waals surface area contributed by atoms with E-state index in [1.165, 1.54) is 0 Å². The molecule has 2 aromatic carbocycles. The van der Waals surface area contributed by atoms with E-state index >= 15 is 0 Å². The third-order valence-corrected chi connectivity index (χ3v) is 3.72. The van der Waals surface area contributed by atoms with E-state index < -0.39 is 6.03 Å². The van der Waals surface area contributed by atoms with Crippen molar-refractivity contribution in [3.8, 4) is 5.75 Å². The molecule has 0 spiro atoms. The molecular formula is C15H13Cl3N2O2. The van der Waals surface area contributed by atoms with E-state index in [-0.39, 0.29) is 6.73 Å². The molecule has 2 rings (SSSR count). The molecule has 2 N–H and O–H groups in total. The number of aryl methyl sites for hydroxylation is 1. The molecule has 2 amide bonds. The largest absolute Gasteiger partial charge is 0.472 e. The van der Waals surface area contributed by atoms with Crippen molar-refractivity contribution in [3.63, 3.8) is 0 Å². The van der Waals surface area contributed by atoms with Gasteiger partial charge in [-0.3, -0.25) is 0 Å². The Morgan fingerprint density at radius 3 is 2.55 bits per heavy atom. The summed E-state index contributed by atoms with van der Waals surface area (Å²) in [5.74, 6) is 0.435. The lowest BCUT2D eigenvalue weighted by atomic mass is 10.2. The zero-order valence-corrected chi connectivity index (χ0v) is 13.9. The zero-order valence-electron chi connectivity index (χ0n) is 11.6. The number of nitrogens with one attached hydrogen (secondary N) is 2. The molecule has 0 unspecified atom stereocenters. The first-order valence-electron chi connectivity index (χ1n) is 6.34. The Labute approximate surface area is 143 Å². The van der Waals surface area contributed by atoms with Gasteiger partial charge in [-0.2, -0.15) is 0 Å². The van der Waals surface area contributed by atoms with Crippen LogP contribution in [0.15, 0.2) is 36.4 Å². The second kappa shape index (κ2) is 7.58. The first-order chi connectivity index (χ1) is 10.5. The molecule has 0 aromatic heterocycles. The lowest BCUT2D eigenvalue weighted by Crippen LogP contribution is -2.32. The molecule has 22 heavy (non-hydrogen) atoms. The molecule has 7 heteroatoms. The second-order valence-electron chi connectivity index (χ2n) is 4.46. The van der Waals surface area contributed by atoms with Gasteiger partial charge in [-0.25, -0.2) is 4.79 Å². The Morgan fingerprint density at radius 2 is 1.86 bits per heavy atom. The maximum Gasteiger partial charge on any atom is 0.321 e. The van der Waals surface area contributed by atoms with E-state index in [0.717, 1.165) is 5.56 Å². The quantitative estimate of drug-likeness (QED) is 0.745. The molecule has 2 aromatic rings. The summed E-state index contributed by atoms with van der Waals surface area (Å²) in [6.45, 7) is 1.85. The number of amides is 2.